The fraction of sp³-hybridized carbons (Fsp3) is 0.385. The highest BCUT2D eigenvalue weighted by Crippen LogP contribution is 2.44. The van der Waals surface area contributed by atoms with Crippen molar-refractivity contribution in [2.24, 2.45) is 0 Å². The summed E-state index contributed by atoms with van der Waals surface area (Å²) in [6.07, 6.45) is 3.95. The summed E-state index contributed by atoms with van der Waals surface area (Å²) < 4.78 is 34.4. The van der Waals surface area contributed by atoms with Crippen LogP contribution in [0.2, 0.25) is 0 Å². The summed E-state index contributed by atoms with van der Waals surface area (Å²) in [7, 11) is -3.47. The van der Waals surface area contributed by atoms with E-state index in [2.05, 4.69) is 5.16 Å². The van der Waals surface area contributed by atoms with Gasteiger partial charge in [-0.1, -0.05) is 5.16 Å². The van der Waals surface area contributed by atoms with Crippen molar-refractivity contribution in [3.05, 3.63) is 22.2 Å². The second-order valence-electron chi connectivity index (χ2n) is 4.74. The zero-order valence-corrected chi connectivity index (χ0v) is 13.1. The number of fused-ring (bicyclic) bond motifs is 3. The van der Waals surface area contributed by atoms with Gasteiger partial charge in [-0.2, -0.15) is 0 Å². The second kappa shape index (κ2) is 4.96. The lowest BCUT2D eigenvalue weighted by Crippen LogP contribution is -2.09. The molecule has 0 radical (unpaired) electrons. The number of carbonyl (C=O) groups excluding carboxylic acids is 1. The smallest absolute Gasteiger partial charge is 0.348 e. The van der Waals surface area contributed by atoms with Crippen molar-refractivity contribution in [3.63, 3.8) is 0 Å². The van der Waals surface area contributed by atoms with Crippen LogP contribution in [-0.2, 0) is 27.4 Å². The van der Waals surface area contributed by atoms with Gasteiger partial charge >= 0.3 is 5.97 Å². The number of aryl methyl sites for hydroxylation is 1. The molecule has 0 saturated carbocycles. The summed E-state index contributed by atoms with van der Waals surface area (Å²) in [5, 5.41) is 3.73. The van der Waals surface area contributed by atoms with E-state index >= 15 is 0 Å². The van der Waals surface area contributed by atoms with Crippen molar-refractivity contribution in [1.82, 2.24) is 5.16 Å². The molecule has 0 unspecified atom stereocenters. The van der Waals surface area contributed by atoms with E-state index in [-0.39, 0.29) is 10.8 Å². The van der Waals surface area contributed by atoms with Gasteiger partial charge in [-0.3, -0.25) is 0 Å². The minimum absolute atomic E-state index is 0.137. The van der Waals surface area contributed by atoms with Gasteiger partial charge in [-0.15, -0.1) is 11.3 Å². The number of nitrogens with zero attached hydrogens (tertiary/aromatic N) is 1. The molecule has 0 amide bonds. The zero-order valence-electron chi connectivity index (χ0n) is 11.5. The molecule has 1 aliphatic rings. The van der Waals surface area contributed by atoms with Crippen molar-refractivity contribution in [3.8, 4) is 11.3 Å². The Kier molecular flexibility index (Phi) is 3.37. The van der Waals surface area contributed by atoms with Crippen LogP contribution in [0, 0.1) is 0 Å². The second-order valence-corrected chi connectivity index (χ2v) is 7.98. The first-order chi connectivity index (χ1) is 9.93. The maximum atomic E-state index is 12.1. The van der Waals surface area contributed by atoms with Crippen LogP contribution >= 0.6 is 11.3 Å². The Hall–Kier alpha value is -1.67. The molecule has 2 heterocycles. The summed E-state index contributed by atoms with van der Waals surface area (Å²) in [6, 6.07) is 0. The lowest BCUT2D eigenvalue weighted by molar-refractivity contribution is 0.0531. The standard InChI is InChI=1S/C13H13NO5S2/c1-3-18-12(15)11-8-5-4-7-6-14-19-10(7)9(8)13(20-11)21(2,16)17/h6H,3-5H2,1-2H3. The van der Waals surface area contributed by atoms with Crippen LogP contribution in [0.3, 0.4) is 0 Å². The van der Waals surface area contributed by atoms with Gasteiger partial charge in [0.15, 0.2) is 15.6 Å². The summed E-state index contributed by atoms with van der Waals surface area (Å²) >= 11 is 0.947. The van der Waals surface area contributed by atoms with Gasteiger partial charge < -0.3 is 9.26 Å². The van der Waals surface area contributed by atoms with Crippen LogP contribution in [0.15, 0.2) is 14.9 Å². The minimum atomic E-state index is -3.47. The van der Waals surface area contributed by atoms with Crippen LogP contribution in [-0.4, -0.2) is 32.4 Å². The highest BCUT2D eigenvalue weighted by Gasteiger charge is 2.34. The van der Waals surface area contributed by atoms with Crippen molar-refractivity contribution >= 4 is 27.1 Å². The van der Waals surface area contributed by atoms with Gasteiger partial charge in [0.1, 0.15) is 9.09 Å². The number of hydrogen-bond donors (Lipinski definition) is 0. The quantitative estimate of drug-likeness (QED) is 0.802. The van der Waals surface area contributed by atoms with Crippen LogP contribution < -0.4 is 0 Å². The molecule has 0 bridgehead atoms. The van der Waals surface area contributed by atoms with Gasteiger partial charge in [0, 0.05) is 11.8 Å². The predicted octanol–water partition coefficient (Wildman–Crippen LogP) is 2.08. The summed E-state index contributed by atoms with van der Waals surface area (Å²) in [5.41, 5.74) is 2.02. The molecule has 0 aliphatic heterocycles. The predicted molar refractivity (Wildman–Crippen MR) is 76.3 cm³/mol. The normalized spacial score (nSPS) is 13.6. The van der Waals surface area contributed by atoms with Crippen molar-refractivity contribution < 1.29 is 22.5 Å². The monoisotopic (exact) mass is 327 g/mol. The molecule has 21 heavy (non-hydrogen) atoms. The third kappa shape index (κ3) is 2.28. The highest BCUT2D eigenvalue weighted by molar-refractivity contribution is 7.93. The van der Waals surface area contributed by atoms with Crippen LogP contribution in [0.1, 0.15) is 27.7 Å². The van der Waals surface area contributed by atoms with Gasteiger partial charge in [-0.25, -0.2) is 13.2 Å². The largest absolute Gasteiger partial charge is 0.462 e. The molecule has 0 atom stereocenters. The number of sulfone groups is 1. The fourth-order valence-electron chi connectivity index (χ4n) is 2.44. The maximum absolute atomic E-state index is 12.1. The summed E-state index contributed by atoms with van der Waals surface area (Å²) in [4.78, 5) is 12.4. The maximum Gasteiger partial charge on any atom is 0.348 e. The topological polar surface area (TPSA) is 86.5 Å². The third-order valence-corrected chi connectivity index (χ3v) is 6.33. The van der Waals surface area contributed by atoms with Crippen LogP contribution in [0.5, 0.6) is 0 Å². The van der Waals surface area contributed by atoms with Gasteiger partial charge in [0.05, 0.1) is 18.4 Å². The summed E-state index contributed by atoms with van der Waals surface area (Å²) in [6.45, 7) is 1.96. The molecule has 0 fully saturated rings. The first-order valence-electron chi connectivity index (χ1n) is 6.40. The molecule has 6 nitrogen and oxygen atoms in total. The molecule has 8 heteroatoms. The third-order valence-electron chi connectivity index (χ3n) is 3.29. The first kappa shape index (κ1) is 14.3. The number of esters is 1. The van der Waals surface area contributed by atoms with E-state index in [1.807, 2.05) is 0 Å². The first-order valence-corrected chi connectivity index (χ1v) is 9.11. The molecule has 0 N–H and O–H groups in total. The SMILES string of the molecule is CCOC(=O)c1sc(S(C)(=O)=O)c2c1CCc1cnoc1-2. The molecular weight excluding hydrogens is 314 g/mol. The number of ether oxygens (including phenoxy) is 1. The molecule has 0 aromatic carbocycles. The Bertz CT molecular complexity index is 816. The number of hydrogen-bond acceptors (Lipinski definition) is 7. The zero-order chi connectivity index (χ0) is 15.2. The molecular formula is C13H13NO5S2. The average Bonchev–Trinajstić information content (AvgIpc) is 3.01. The van der Waals surface area contributed by atoms with E-state index < -0.39 is 15.8 Å². The number of carbonyl (C=O) groups is 1. The number of aromatic nitrogens is 1. The van der Waals surface area contributed by atoms with E-state index in [0.29, 0.717) is 34.6 Å². The van der Waals surface area contributed by atoms with Crippen LogP contribution in [0.25, 0.3) is 11.3 Å². The molecule has 112 valence electrons. The van der Waals surface area contributed by atoms with Crippen molar-refractivity contribution in [2.45, 2.75) is 24.0 Å². The Labute approximate surface area is 125 Å². The van der Waals surface area contributed by atoms with Gasteiger partial charge in [0.2, 0.25) is 0 Å². The van der Waals surface area contributed by atoms with E-state index in [1.54, 1.807) is 13.1 Å². The average molecular weight is 327 g/mol. The van der Waals surface area contributed by atoms with E-state index in [4.69, 9.17) is 9.26 Å². The Morgan fingerprint density at radius 3 is 2.90 bits per heavy atom. The lowest BCUT2D eigenvalue weighted by Gasteiger charge is -2.12. The van der Waals surface area contributed by atoms with Crippen molar-refractivity contribution in [2.75, 3.05) is 12.9 Å². The molecule has 3 rings (SSSR count). The number of thiophene rings is 1. The number of rotatable bonds is 3. The molecule has 1 aliphatic carbocycles. The Morgan fingerprint density at radius 1 is 1.48 bits per heavy atom. The van der Waals surface area contributed by atoms with Gasteiger partial charge in [-0.05, 0) is 25.3 Å². The molecule has 0 spiro atoms. The minimum Gasteiger partial charge on any atom is -0.462 e. The van der Waals surface area contributed by atoms with E-state index in [0.717, 1.165) is 23.2 Å². The van der Waals surface area contributed by atoms with Crippen LogP contribution in [0.4, 0.5) is 0 Å². The van der Waals surface area contributed by atoms with Crippen molar-refractivity contribution in [1.29, 1.82) is 0 Å². The molecule has 0 saturated heterocycles. The molecule has 2 aromatic rings. The van der Waals surface area contributed by atoms with E-state index in [9.17, 15) is 13.2 Å². The Morgan fingerprint density at radius 2 is 2.24 bits per heavy atom. The summed E-state index contributed by atoms with van der Waals surface area (Å²) in [5.74, 6) is -0.0416. The fourth-order valence-corrected chi connectivity index (χ4v) is 4.85. The Balaban J connectivity index is 2.28. The molecule has 2 aromatic heterocycles. The van der Waals surface area contributed by atoms with E-state index in [1.165, 1.54) is 0 Å². The highest BCUT2D eigenvalue weighted by atomic mass is 32.2. The van der Waals surface area contributed by atoms with Gasteiger partial charge in [0.25, 0.3) is 0 Å². The lowest BCUT2D eigenvalue weighted by atomic mass is 9.93.